The molecule has 1 fully saturated rings. The van der Waals surface area contributed by atoms with E-state index in [1.807, 2.05) is 24.3 Å². The number of carbonyl (C=O) groups is 1. The highest BCUT2D eigenvalue weighted by Crippen LogP contribution is 2.30. The summed E-state index contributed by atoms with van der Waals surface area (Å²) < 4.78 is 12.1. The van der Waals surface area contributed by atoms with Crippen molar-refractivity contribution < 1.29 is 19.4 Å². The quantitative estimate of drug-likeness (QED) is 0.778. The molecule has 2 aromatic rings. The Morgan fingerprint density at radius 2 is 1.88 bits per heavy atom. The van der Waals surface area contributed by atoms with Crippen LogP contribution in [0.1, 0.15) is 23.8 Å². The summed E-state index contributed by atoms with van der Waals surface area (Å²) >= 11 is 3.36. The first-order valence-corrected chi connectivity index (χ1v) is 8.51. The topological polar surface area (TPSA) is 67.8 Å². The lowest BCUT2D eigenvalue weighted by molar-refractivity contribution is -0.183. The molecule has 1 aliphatic heterocycles. The van der Waals surface area contributed by atoms with Gasteiger partial charge in [0.05, 0.1) is 25.3 Å². The molecule has 3 rings (SSSR count). The fourth-order valence-electron chi connectivity index (χ4n) is 2.46. The maximum absolute atomic E-state index is 12.2. The van der Waals surface area contributed by atoms with Crippen molar-refractivity contribution in [3.63, 3.8) is 0 Å². The van der Waals surface area contributed by atoms with Crippen LogP contribution in [0.25, 0.3) is 0 Å². The molecule has 0 spiro atoms. The van der Waals surface area contributed by atoms with Crippen molar-refractivity contribution in [1.29, 1.82) is 0 Å². The van der Waals surface area contributed by atoms with Gasteiger partial charge in [0.15, 0.2) is 6.29 Å². The van der Waals surface area contributed by atoms with E-state index in [1.54, 1.807) is 12.1 Å². The van der Waals surface area contributed by atoms with Crippen LogP contribution in [0.2, 0.25) is 0 Å². The molecule has 0 unspecified atom stereocenters. The van der Waals surface area contributed by atoms with Crippen molar-refractivity contribution in [2.75, 3.05) is 18.5 Å². The van der Waals surface area contributed by atoms with Crippen LogP contribution in [0, 0.1) is 0 Å². The summed E-state index contributed by atoms with van der Waals surface area (Å²) in [5.41, 5.74) is 2.02. The minimum atomic E-state index is -0.457. The molecule has 0 aromatic heterocycles. The lowest BCUT2D eigenvalue weighted by Crippen LogP contribution is -2.18. The van der Waals surface area contributed by atoms with E-state index in [0.717, 1.165) is 22.0 Å². The van der Waals surface area contributed by atoms with Crippen LogP contribution in [0.5, 0.6) is 5.75 Å². The summed E-state index contributed by atoms with van der Waals surface area (Å²) in [5, 5.41) is 12.7. The van der Waals surface area contributed by atoms with E-state index >= 15 is 0 Å². The molecule has 0 atom stereocenters. The number of hydrogen-bond acceptors (Lipinski definition) is 4. The van der Waals surface area contributed by atoms with Crippen molar-refractivity contribution in [2.45, 2.75) is 19.1 Å². The lowest BCUT2D eigenvalue weighted by Gasteiger charge is -2.24. The molecule has 1 amide bonds. The Morgan fingerprint density at radius 3 is 2.58 bits per heavy atom. The Labute approximate surface area is 148 Å². The highest BCUT2D eigenvalue weighted by atomic mass is 79.9. The van der Waals surface area contributed by atoms with Crippen LogP contribution < -0.4 is 5.32 Å². The SMILES string of the molecule is O=C(Cc1ccc(Br)cc1)Nc1cc(C2OCCCO2)ccc1O. The highest BCUT2D eigenvalue weighted by molar-refractivity contribution is 9.10. The van der Waals surface area contributed by atoms with Crippen LogP contribution >= 0.6 is 15.9 Å². The predicted octanol–water partition coefficient (Wildman–Crippen LogP) is 3.77. The molecule has 24 heavy (non-hydrogen) atoms. The minimum Gasteiger partial charge on any atom is -0.506 e. The summed E-state index contributed by atoms with van der Waals surface area (Å²) in [6.07, 6.45) is 0.639. The van der Waals surface area contributed by atoms with Crippen molar-refractivity contribution in [3.8, 4) is 5.75 Å². The van der Waals surface area contributed by atoms with Gasteiger partial charge in [-0.05, 0) is 36.2 Å². The van der Waals surface area contributed by atoms with Crippen LogP contribution in [0.4, 0.5) is 5.69 Å². The maximum atomic E-state index is 12.2. The number of rotatable bonds is 4. The molecule has 1 heterocycles. The molecule has 126 valence electrons. The van der Waals surface area contributed by atoms with E-state index < -0.39 is 6.29 Å². The number of halogens is 1. The zero-order valence-electron chi connectivity index (χ0n) is 13.0. The molecule has 1 saturated heterocycles. The molecule has 2 aromatic carbocycles. The molecule has 0 radical (unpaired) electrons. The van der Waals surface area contributed by atoms with Gasteiger partial charge < -0.3 is 19.9 Å². The molecular formula is C18H18BrNO4. The van der Waals surface area contributed by atoms with Gasteiger partial charge in [0, 0.05) is 10.0 Å². The van der Waals surface area contributed by atoms with Crippen molar-refractivity contribution >= 4 is 27.5 Å². The van der Waals surface area contributed by atoms with E-state index in [2.05, 4.69) is 21.2 Å². The van der Waals surface area contributed by atoms with Crippen molar-refractivity contribution in [2.24, 2.45) is 0 Å². The van der Waals surface area contributed by atoms with Gasteiger partial charge in [-0.3, -0.25) is 4.79 Å². The molecule has 2 N–H and O–H groups in total. The Bertz CT molecular complexity index is 711. The number of nitrogens with one attached hydrogen (secondary N) is 1. The van der Waals surface area contributed by atoms with Crippen molar-refractivity contribution in [1.82, 2.24) is 0 Å². The number of amides is 1. The van der Waals surface area contributed by atoms with Gasteiger partial charge in [-0.1, -0.05) is 34.1 Å². The number of ether oxygens (including phenoxy) is 2. The monoisotopic (exact) mass is 391 g/mol. The first kappa shape index (κ1) is 17.0. The molecule has 0 saturated carbocycles. The first-order chi connectivity index (χ1) is 11.6. The van der Waals surface area contributed by atoms with E-state index in [-0.39, 0.29) is 18.1 Å². The fraction of sp³-hybridized carbons (Fsp3) is 0.278. The van der Waals surface area contributed by atoms with Gasteiger partial charge in [-0.15, -0.1) is 0 Å². The summed E-state index contributed by atoms with van der Waals surface area (Å²) in [4.78, 5) is 12.2. The zero-order valence-corrected chi connectivity index (χ0v) is 14.6. The Balaban J connectivity index is 1.69. The third-order valence-electron chi connectivity index (χ3n) is 3.67. The number of benzene rings is 2. The van der Waals surface area contributed by atoms with Gasteiger partial charge in [0.2, 0.25) is 5.91 Å². The summed E-state index contributed by atoms with van der Waals surface area (Å²) in [6, 6.07) is 12.5. The highest BCUT2D eigenvalue weighted by Gasteiger charge is 2.18. The largest absolute Gasteiger partial charge is 0.506 e. The summed E-state index contributed by atoms with van der Waals surface area (Å²) in [6.45, 7) is 1.27. The summed E-state index contributed by atoms with van der Waals surface area (Å²) in [5.74, 6) is -0.186. The van der Waals surface area contributed by atoms with E-state index in [0.29, 0.717) is 18.9 Å². The van der Waals surface area contributed by atoms with Gasteiger partial charge in [0.25, 0.3) is 0 Å². The second-order valence-corrected chi connectivity index (χ2v) is 6.47. The van der Waals surface area contributed by atoms with Crippen LogP contribution in [-0.4, -0.2) is 24.2 Å². The van der Waals surface area contributed by atoms with Gasteiger partial charge >= 0.3 is 0 Å². The molecular weight excluding hydrogens is 374 g/mol. The number of aromatic hydroxyl groups is 1. The predicted molar refractivity (Wildman–Crippen MR) is 93.8 cm³/mol. The summed E-state index contributed by atoms with van der Waals surface area (Å²) in [7, 11) is 0. The molecule has 0 aliphatic carbocycles. The zero-order chi connectivity index (χ0) is 16.9. The average Bonchev–Trinajstić information content (AvgIpc) is 2.60. The van der Waals surface area contributed by atoms with E-state index in [4.69, 9.17) is 9.47 Å². The third kappa shape index (κ3) is 4.35. The van der Waals surface area contributed by atoms with E-state index in [1.165, 1.54) is 6.07 Å². The number of carbonyl (C=O) groups excluding carboxylic acids is 1. The van der Waals surface area contributed by atoms with Crippen LogP contribution in [0.3, 0.4) is 0 Å². The lowest BCUT2D eigenvalue weighted by atomic mass is 10.1. The molecule has 1 aliphatic rings. The first-order valence-electron chi connectivity index (χ1n) is 7.72. The van der Waals surface area contributed by atoms with Crippen LogP contribution in [-0.2, 0) is 20.7 Å². The average molecular weight is 392 g/mol. The van der Waals surface area contributed by atoms with Crippen LogP contribution in [0.15, 0.2) is 46.9 Å². The molecule has 0 bridgehead atoms. The number of phenolic OH excluding ortho intramolecular Hbond substituents is 1. The number of phenols is 1. The van der Waals surface area contributed by atoms with Crippen molar-refractivity contribution in [3.05, 3.63) is 58.1 Å². The Kier molecular flexibility index (Phi) is 5.50. The third-order valence-corrected chi connectivity index (χ3v) is 4.20. The number of hydrogen-bond donors (Lipinski definition) is 2. The maximum Gasteiger partial charge on any atom is 0.228 e. The van der Waals surface area contributed by atoms with Gasteiger partial charge in [-0.2, -0.15) is 0 Å². The van der Waals surface area contributed by atoms with Gasteiger partial charge in [0.1, 0.15) is 5.75 Å². The number of anilines is 1. The Morgan fingerprint density at radius 1 is 1.17 bits per heavy atom. The van der Waals surface area contributed by atoms with Gasteiger partial charge in [-0.25, -0.2) is 0 Å². The smallest absolute Gasteiger partial charge is 0.228 e. The second-order valence-electron chi connectivity index (χ2n) is 5.56. The normalized spacial score (nSPS) is 15.2. The van der Waals surface area contributed by atoms with E-state index in [9.17, 15) is 9.90 Å². The molecule has 5 nitrogen and oxygen atoms in total. The second kappa shape index (κ2) is 7.79. The molecule has 6 heteroatoms. The minimum absolute atomic E-state index is 0.0127. The fourth-order valence-corrected chi connectivity index (χ4v) is 2.73. The standard InChI is InChI=1S/C18H18BrNO4/c19-14-5-2-12(3-6-14)10-17(22)20-15-11-13(4-7-16(15)21)18-23-8-1-9-24-18/h2-7,11,18,21H,1,8-10H2,(H,20,22). The Hall–Kier alpha value is -1.89.